The fraction of sp³-hybridized carbons (Fsp3) is 0.480. The van der Waals surface area contributed by atoms with Crippen LogP contribution in [0.15, 0.2) is 54.6 Å². The van der Waals surface area contributed by atoms with Gasteiger partial charge >= 0.3 is 10.3 Å². The Morgan fingerprint density at radius 3 is 2.11 bits per heavy atom. The number of hydrogen-bond acceptors (Lipinski definition) is 10. The van der Waals surface area contributed by atoms with E-state index in [-0.39, 0.29) is 11.5 Å². The van der Waals surface area contributed by atoms with Crippen LogP contribution < -0.4 is 13.8 Å². The van der Waals surface area contributed by atoms with Crippen molar-refractivity contribution in [3.05, 3.63) is 54.6 Å². The van der Waals surface area contributed by atoms with Gasteiger partial charge in [0.15, 0.2) is 11.5 Å². The molecule has 6 atom stereocenters. The molecule has 2 aromatic rings. The lowest BCUT2D eigenvalue weighted by atomic mass is 9.99. The third-order valence-electron chi connectivity index (χ3n) is 6.24. The smallest absolute Gasteiger partial charge is 0.385 e. The molecule has 12 nitrogen and oxygen atoms in total. The number of carbonyl (C=O) groups is 1. The monoisotopic (exact) mass is 554 g/mol. The van der Waals surface area contributed by atoms with E-state index in [4.69, 9.17) is 13.7 Å². The summed E-state index contributed by atoms with van der Waals surface area (Å²) in [7, 11) is -1.77. The van der Waals surface area contributed by atoms with Gasteiger partial charge in [-0.2, -0.15) is 12.7 Å². The normalized spacial score (nSPS) is 24.7. The maximum atomic E-state index is 13.3. The Balaban J connectivity index is 1.83. The molecule has 2 aromatic carbocycles. The maximum absolute atomic E-state index is 13.3. The number of para-hydroxylation sites is 3. The predicted octanol–water partition coefficient (Wildman–Crippen LogP) is 0.108. The largest absolute Gasteiger partial charge is 0.458 e. The van der Waals surface area contributed by atoms with E-state index in [0.29, 0.717) is 5.69 Å². The molecule has 0 spiro atoms. The third kappa shape index (κ3) is 6.43. The van der Waals surface area contributed by atoms with Crippen LogP contribution >= 0.6 is 0 Å². The molecule has 1 heterocycles. The topological polar surface area (TPSA) is 166 Å². The molecule has 13 heteroatoms. The highest BCUT2D eigenvalue weighted by atomic mass is 32.2. The molecule has 0 aliphatic carbocycles. The molecule has 1 aliphatic heterocycles. The van der Waals surface area contributed by atoms with Gasteiger partial charge in [0.2, 0.25) is 12.2 Å². The molecule has 1 fully saturated rings. The van der Waals surface area contributed by atoms with Crippen molar-refractivity contribution in [3.8, 4) is 11.5 Å². The lowest BCUT2D eigenvalue weighted by molar-refractivity contribution is -0.277. The van der Waals surface area contributed by atoms with Crippen molar-refractivity contribution in [2.24, 2.45) is 5.92 Å². The molecule has 0 unspecified atom stereocenters. The van der Waals surface area contributed by atoms with Crippen LogP contribution in [0.3, 0.4) is 0 Å². The molecule has 4 N–H and O–H groups in total. The van der Waals surface area contributed by atoms with Gasteiger partial charge in [0.1, 0.15) is 30.5 Å². The molecule has 0 aromatic heterocycles. The first-order valence-electron chi connectivity index (χ1n) is 11.9. The van der Waals surface area contributed by atoms with E-state index < -0.39 is 65.5 Å². The van der Waals surface area contributed by atoms with E-state index in [1.54, 1.807) is 51.2 Å². The maximum Gasteiger partial charge on any atom is 0.385 e. The van der Waals surface area contributed by atoms with Gasteiger partial charge in [0.25, 0.3) is 0 Å². The number of benzene rings is 2. The van der Waals surface area contributed by atoms with E-state index in [1.807, 2.05) is 0 Å². The van der Waals surface area contributed by atoms with Crippen LogP contribution in [0.25, 0.3) is 0 Å². The van der Waals surface area contributed by atoms with Gasteiger partial charge in [-0.1, -0.05) is 44.2 Å². The van der Waals surface area contributed by atoms with Crippen LogP contribution in [0.5, 0.6) is 11.5 Å². The predicted molar refractivity (Wildman–Crippen MR) is 137 cm³/mol. The number of amides is 1. The quantitative estimate of drug-likeness (QED) is 0.317. The van der Waals surface area contributed by atoms with E-state index in [0.717, 1.165) is 4.31 Å². The Labute approximate surface area is 221 Å². The summed E-state index contributed by atoms with van der Waals surface area (Å²) in [6, 6.07) is 13.3. The standard InChI is InChI=1S/C25H34N2O10S/c1-15(2)20(24(32)26(3)16-10-6-5-7-11-16)27(4)38(33,34)37-18-13-9-8-12-17(18)35-25-23(31)22(30)21(29)19(14-28)36-25/h5-13,15,19-23,25,28-31H,14H2,1-4H3/t19-,20+,21+,22+,23-,25-/m1/s1. The molecule has 0 radical (unpaired) electrons. The second-order valence-corrected chi connectivity index (χ2v) is 10.8. The van der Waals surface area contributed by atoms with Gasteiger partial charge in [0.05, 0.1) is 6.61 Å². The molecule has 1 amide bonds. The second kappa shape index (κ2) is 12.4. The summed E-state index contributed by atoms with van der Waals surface area (Å²) in [5.41, 5.74) is 0.591. The number of likely N-dealkylation sites (N-methyl/N-ethyl adjacent to an activating group) is 2. The SMILES string of the molecule is CC(C)[C@@H](C(=O)N(C)c1ccccc1)N(C)S(=O)(=O)Oc1ccccc1O[C@@H]1O[C@H](CO)[C@H](O)[C@H](O)[C@H]1O. The van der Waals surface area contributed by atoms with Crippen LogP contribution in [0, 0.1) is 5.92 Å². The van der Waals surface area contributed by atoms with E-state index in [1.165, 1.54) is 36.2 Å². The molecule has 3 rings (SSSR count). The number of hydrogen-bond donors (Lipinski definition) is 4. The zero-order valence-electron chi connectivity index (χ0n) is 21.5. The fourth-order valence-electron chi connectivity index (χ4n) is 4.06. The molecule has 210 valence electrons. The summed E-state index contributed by atoms with van der Waals surface area (Å²) >= 11 is 0. The van der Waals surface area contributed by atoms with Crippen molar-refractivity contribution in [1.29, 1.82) is 0 Å². The minimum Gasteiger partial charge on any atom is -0.458 e. The van der Waals surface area contributed by atoms with E-state index >= 15 is 0 Å². The Morgan fingerprint density at radius 1 is 0.947 bits per heavy atom. The highest BCUT2D eigenvalue weighted by Gasteiger charge is 2.45. The zero-order chi connectivity index (χ0) is 28.2. The lowest BCUT2D eigenvalue weighted by Gasteiger charge is -2.39. The van der Waals surface area contributed by atoms with Crippen LogP contribution in [-0.2, 0) is 19.8 Å². The van der Waals surface area contributed by atoms with Gasteiger partial charge in [-0.25, -0.2) is 0 Å². The molecule has 38 heavy (non-hydrogen) atoms. The molecular weight excluding hydrogens is 520 g/mol. The number of aliphatic hydroxyl groups is 4. The molecule has 1 saturated heterocycles. The summed E-state index contributed by atoms with van der Waals surface area (Å²) in [6.45, 7) is 2.76. The van der Waals surface area contributed by atoms with Crippen molar-refractivity contribution in [3.63, 3.8) is 0 Å². The fourth-order valence-corrected chi connectivity index (χ4v) is 5.15. The highest BCUT2D eigenvalue weighted by molar-refractivity contribution is 7.84. The van der Waals surface area contributed by atoms with Crippen LogP contribution in [0.4, 0.5) is 5.69 Å². The lowest BCUT2D eigenvalue weighted by Crippen LogP contribution is -2.60. The van der Waals surface area contributed by atoms with Crippen molar-refractivity contribution >= 4 is 21.9 Å². The van der Waals surface area contributed by atoms with Gasteiger partial charge in [-0.3, -0.25) is 4.79 Å². The molecular formula is C25H34N2O10S. The first-order valence-corrected chi connectivity index (χ1v) is 13.3. The minimum atomic E-state index is -4.56. The zero-order valence-corrected chi connectivity index (χ0v) is 22.3. The average Bonchev–Trinajstić information content (AvgIpc) is 2.89. The van der Waals surface area contributed by atoms with Crippen molar-refractivity contribution < 1.29 is 47.3 Å². The summed E-state index contributed by atoms with van der Waals surface area (Å²) in [5, 5.41) is 39.7. The molecule has 0 saturated carbocycles. The minimum absolute atomic E-state index is 0.164. The van der Waals surface area contributed by atoms with Crippen molar-refractivity contribution in [2.45, 2.75) is 50.6 Å². The van der Waals surface area contributed by atoms with Crippen molar-refractivity contribution in [1.82, 2.24) is 4.31 Å². The Hall–Kier alpha value is -2.78. The Bertz CT molecular complexity index is 1180. The van der Waals surface area contributed by atoms with Crippen LogP contribution in [0.2, 0.25) is 0 Å². The van der Waals surface area contributed by atoms with Gasteiger partial charge in [0, 0.05) is 19.8 Å². The summed E-state index contributed by atoms with van der Waals surface area (Å²) in [6.07, 6.45) is -7.76. The van der Waals surface area contributed by atoms with Gasteiger partial charge in [-0.05, 0) is 30.2 Å². The first kappa shape index (κ1) is 29.8. The Morgan fingerprint density at radius 2 is 1.53 bits per heavy atom. The molecule has 1 aliphatic rings. The van der Waals surface area contributed by atoms with Crippen LogP contribution in [-0.4, -0.2) is 96.5 Å². The summed E-state index contributed by atoms with van der Waals surface area (Å²) in [4.78, 5) is 14.7. The number of nitrogens with zero attached hydrogens (tertiary/aromatic N) is 2. The van der Waals surface area contributed by atoms with E-state index in [9.17, 15) is 33.6 Å². The Kier molecular flexibility index (Phi) is 9.70. The first-order chi connectivity index (χ1) is 17.9. The third-order valence-corrected chi connectivity index (χ3v) is 7.56. The number of aliphatic hydroxyl groups excluding tert-OH is 4. The van der Waals surface area contributed by atoms with Crippen molar-refractivity contribution in [2.75, 3.05) is 25.6 Å². The second-order valence-electron chi connectivity index (χ2n) is 9.24. The van der Waals surface area contributed by atoms with Gasteiger partial charge < -0.3 is 39.0 Å². The summed E-state index contributed by atoms with van der Waals surface area (Å²) < 4.78 is 43.7. The number of ether oxygens (including phenoxy) is 2. The number of rotatable bonds is 10. The number of carbonyl (C=O) groups excluding carboxylic acids is 1. The number of anilines is 1. The molecule has 0 bridgehead atoms. The highest BCUT2D eigenvalue weighted by Crippen LogP contribution is 2.33. The van der Waals surface area contributed by atoms with Gasteiger partial charge in [-0.15, -0.1) is 0 Å². The van der Waals surface area contributed by atoms with E-state index in [2.05, 4.69) is 0 Å². The van der Waals surface area contributed by atoms with Crippen LogP contribution in [0.1, 0.15) is 13.8 Å². The summed E-state index contributed by atoms with van der Waals surface area (Å²) in [5.74, 6) is -1.32. The average molecular weight is 555 g/mol.